The molecule has 0 amide bonds. The van der Waals surface area contributed by atoms with Gasteiger partial charge in [0.1, 0.15) is 0 Å². The number of para-hydroxylation sites is 2. The van der Waals surface area contributed by atoms with E-state index in [1.54, 1.807) is 6.33 Å². The SMILES string of the molecule is CCC(CC)C(=O)Cn1cnc2ccccc21. The zero-order valence-corrected chi connectivity index (χ0v) is 10.4. The van der Waals surface area contributed by atoms with Crippen molar-refractivity contribution in [3.8, 4) is 0 Å². The number of rotatable bonds is 5. The van der Waals surface area contributed by atoms with E-state index in [2.05, 4.69) is 18.8 Å². The Kier molecular flexibility index (Phi) is 3.57. The lowest BCUT2D eigenvalue weighted by molar-refractivity contribution is -0.123. The van der Waals surface area contributed by atoms with Crippen molar-refractivity contribution in [1.82, 2.24) is 9.55 Å². The van der Waals surface area contributed by atoms with Crippen molar-refractivity contribution in [2.45, 2.75) is 33.2 Å². The van der Waals surface area contributed by atoms with Crippen LogP contribution in [0.25, 0.3) is 11.0 Å². The Morgan fingerprint density at radius 1 is 1.29 bits per heavy atom. The molecular weight excluding hydrogens is 212 g/mol. The highest BCUT2D eigenvalue weighted by molar-refractivity contribution is 5.83. The number of benzene rings is 1. The van der Waals surface area contributed by atoms with E-state index in [9.17, 15) is 4.79 Å². The number of carbonyl (C=O) groups is 1. The predicted molar refractivity (Wildman–Crippen MR) is 68.8 cm³/mol. The fourth-order valence-electron chi connectivity index (χ4n) is 2.18. The molecule has 2 aromatic rings. The van der Waals surface area contributed by atoms with Crippen LogP contribution in [-0.2, 0) is 11.3 Å². The summed E-state index contributed by atoms with van der Waals surface area (Å²) in [5.41, 5.74) is 1.98. The standard InChI is InChI=1S/C14H18N2O/c1-3-11(4-2)14(17)9-16-10-15-12-7-5-6-8-13(12)16/h5-8,10-11H,3-4,9H2,1-2H3. The molecule has 0 aliphatic carbocycles. The third-order valence-corrected chi connectivity index (χ3v) is 3.29. The fourth-order valence-corrected chi connectivity index (χ4v) is 2.18. The van der Waals surface area contributed by atoms with Crippen LogP contribution in [0.15, 0.2) is 30.6 Å². The van der Waals surface area contributed by atoms with Gasteiger partial charge in [0, 0.05) is 5.92 Å². The molecule has 0 N–H and O–H groups in total. The number of imidazole rings is 1. The van der Waals surface area contributed by atoms with E-state index in [1.807, 2.05) is 28.8 Å². The summed E-state index contributed by atoms with van der Waals surface area (Å²) in [6, 6.07) is 7.90. The quantitative estimate of drug-likeness (QED) is 0.791. The summed E-state index contributed by atoms with van der Waals surface area (Å²) in [7, 11) is 0. The predicted octanol–water partition coefficient (Wildman–Crippen LogP) is 3.04. The van der Waals surface area contributed by atoms with E-state index in [0.29, 0.717) is 12.3 Å². The van der Waals surface area contributed by atoms with Gasteiger partial charge in [-0.2, -0.15) is 0 Å². The molecule has 1 aromatic carbocycles. The Labute approximate surface area is 101 Å². The summed E-state index contributed by atoms with van der Waals surface area (Å²) >= 11 is 0. The second-order valence-electron chi connectivity index (χ2n) is 4.34. The molecule has 3 nitrogen and oxygen atoms in total. The second kappa shape index (κ2) is 5.13. The van der Waals surface area contributed by atoms with Gasteiger partial charge in [-0.1, -0.05) is 26.0 Å². The monoisotopic (exact) mass is 230 g/mol. The van der Waals surface area contributed by atoms with Crippen LogP contribution in [0.1, 0.15) is 26.7 Å². The molecule has 17 heavy (non-hydrogen) atoms. The van der Waals surface area contributed by atoms with Crippen LogP contribution in [0, 0.1) is 5.92 Å². The maximum atomic E-state index is 12.1. The minimum absolute atomic E-state index is 0.177. The molecule has 0 atom stereocenters. The molecule has 90 valence electrons. The number of Topliss-reactive ketones (excluding diaryl/α,β-unsaturated/α-hetero) is 1. The molecule has 0 saturated heterocycles. The highest BCUT2D eigenvalue weighted by Crippen LogP contribution is 2.15. The number of fused-ring (bicyclic) bond motifs is 1. The summed E-state index contributed by atoms with van der Waals surface area (Å²) in [4.78, 5) is 16.4. The first kappa shape index (κ1) is 11.8. The van der Waals surface area contributed by atoms with Crippen LogP contribution in [0.3, 0.4) is 0 Å². The highest BCUT2D eigenvalue weighted by atomic mass is 16.1. The Morgan fingerprint density at radius 2 is 2.00 bits per heavy atom. The van der Waals surface area contributed by atoms with E-state index in [0.717, 1.165) is 23.9 Å². The number of hydrogen-bond donors (Lipinski definition) is 0. The molecule has 0 fully saturated rings. The van der Waals surface area contributed by atoms with E-state index in [1.165, 1.54) is 0 Å². The van der Waals surface area contributed by atoms with Crippen LogP contribution in [0.4, 0.5) is 0 Å². The van der Waals surface area contributed by atoms with Crippen molar-refractivity contribution in [2.24, 2.45) is 5.92 Å². The van der Waals surface area contributed by atoms with Crippen molar-refractivity contribution in [3.63, 3.8) is 0 Å². The number of nitrogens with zero attached hydrogens (tertiary/aromatic N) is 2. The average Bonchev–Trinajstić information content (AvgIpc) is 2.74. The van der Waals surface area contributed by atoms with E-state index < -0.39 is 0 Å². The normalized spacial score (nSPS) is 11.2. The maximum Gasteiger partial charge on any atom is 0.155 e. The van der Waals surface area contributed by atoms with Gasteiger partial charge in [0.15, 0.2) is 5.78 Å². The molecule has 2 rings (SSSR count). The maximum absolute atomic E-state index is 12.1. The molecule has 0 unspecified atom stereocenters. The molecule has 0 aliphatic heterocycles. The lowest BCUT2D eigenvalue weighted by Crippen LogP contribution is -2.18. The summed E-state index contributed by atoms with van der Waals surface area (Å²) in [5.74, 6) is 0.481. The molecular formula is C14H18N2O. The van der Waals surface area contributed by atoms with Gasteiger partial charge in [0.05, 0.1) is 23.9 Å². The minimum Gasteiger partial charge on any atom is -0.323 e. The Morgan fingerprint density at radius 3 is 2.71 bits per heavy atom. The van der Waals surface area contributed by atoms with Gasteiger partial charge in [0.25, 0.3) is 0 Å². The Balaban J connectivity index is 2.21. The summed E-state index contributed by atoms with van der Waals surface area (Å²) in [6.07, 6.45) is 3.59. The molecule has 0 radical (unpaired) electrons. The molecule has 0 bridgehead atoms. The molecule has 3 heteroatoms. The lowest BCUT2D eigenvalue weighted by atomic mass is 9.98. The molecule has 0 aliphatic rings. The highest BCUT2D eigenvalue weighted by Gasteiger charge is 2.15. The zero-order chi connectivity index (χ0) is 12.3. The van der Waals surface area contributed by atoms with Gasteiger partial charge >= 0.3 is 0 Å². The molecule has 1 heterocycles. The number of aromatic nitrogens is 2. The van der Waals surface area contributed by atoms with Crippen LogP contribution in [0.2, 0.25) is 0 Å². The van der Waals surface area contributed by atoms with Gasteiger partial charge in [-0.3, -0.25) is 4.79 Å². The molecule has 0 saturated carbocycles. The smallest absolute Gasteiger partial charge is 0.155 e. The first-order chi connectivity index (χ1) is 8.26. The van der Waals surface area contributed by atoms with Crippen LogP contribution >= 0.6 is 0 Å². The van der Waals surface area contributed by atoms with Crippen molar-refractivity contribution in [2.75, 3.05) is 0 Å². The number of ketones is 1. The third kappa shape index (κ3) is 2.38. The van der Waals surface area contributed by atoms with Crippen LogP contribution in [-0.4, -0.2) is 15.3 Å². The Hall–Kier alpha value is -1.64. The van der Waals surface area contributed by atoms with Crippen molar-refractivity contribution in [1.29, 1.82) is 0 Å². The topological polar surface area (TPSA) is 34.9 Å². The van der Waals surface area contributed by atoms with Crippen molar-refractivity contribution >= 4 is 16.8 Å². The molecule has 1 aromatic heterocycles. The van der Waals surface area contributed by atoms with E-state index >= 15 is 0 Å². The number of carbonyl (C=O) groups excluding carboxylic acids is 1. The van der Waals surface area contributed by atoms with E-state index in [-0.39, 0.29) is 5.92 Å². The van der Waals surface area contributed by atoms with Gasteiger partial charge in [-0.25, -0.2) is 4.98 Å². The van der Waals surface area contributed by atoms with Crippen molar-refractivity contribution in [3.05, 3.63) is 30.6 Å². The summed E-state index contributed by atoms with van der Waals surface area (Å²) < 4.78 is 1.94. The first-order valence-electron chi connectivity index (χ1n) is 6.18. The summed E-state index contributed by atoms with van der Waals surface area (Å²) in [6.45, 7) is 4.57. The second-order valence-corrected chi connectivity index (χ2v) is 4.34. The van der Waals surface area contributed by atoms with E-state index in [4.69, 9.17) is 0 Å². The van der Waals surface area contributed by atoms with Crippen LogP contribution in [0.5, 0.6) is 0 Å². The first-order valence-corrected chi connectivity index (χ1v) is 6.18. The minimum atomic E-state index is 0.177. The van der Waals surface area contributed by atoms with Gasteiger partial charge < -0.3 is 4.57 Å². The largest absolute Gasteiger partial charge is 0.323 e. The van der Waals surface area contributed by atoms with Gasteiger partial charge in [0.2, 0.25) is 0 Å². The average molecular weight is 230 g/mol. The lowest BCUT2D eigenvalue weighted by Gasteiger charge is -2.11. The Bertz CT molecular complexity index is 512. The van der Waals surface area contributed by atoms with Gasteiger partial charge in [-0.15, -0.1) is 0 Å². The fraction of sp³-hybridized carbons (Fsp3) is 0.429. The summed E-state index contributed by atoms with van der Waals surface area (Å²) in [5, 5.41) is 0. The van der Waals surface area contributed by atoms with Gasteiger partial charge in [-0.05, 0) is 25.0 Å². The third-order valence-electron chi connectivity index (χ3n) is 3.29. The van der Waals surface area contributed by atoms with Crippen molar-refractivity contribution < 1.29 is 4.79 Å². The molecule has 0 spiro atoms. The number of hydrogen-bond acceptors (Lipinski definition) is 2. The zero-order valence-electron chi connectivity index (χ0n) is 10.4. The van der Waals surface area contributed by atoms with Crippen LogP contribution < -0.4 is 0 Å².